The molecule has 1 saturated carbocycles. The predicted molar refractivity (Wildman–Crippen MR) is 142 cm³/mol. The normalized spacial score (nSPS) is 18.9. The minimum atomic E-state index is -3.68. The first kappa shape index (κ1) is 26.1. The molecule has 2 fully saturated rings. The standard InChI is InChI=1S/C26H33ClN4O5S/c1-25(2,17-32)37(35,36)26(8-9-26)16-30-12-13-31-21(14-20(22(31)24(30)34)29-10-3-11-29)23(33)28-15-18-4-6-19(27)7-5-18/h4-7,14,32H,3,8-13,15-17H2,1-2H3,(H,28,33). The summed E-state index contributed by atoms with van der Waals surface area (Å²) in [7, 11) is -3.68. The van der Waals surface area contributed by atoms with E-state index in [0.717, 1.165) is 30.8 Å². The van der Waals surface area contributed by atoms with Gasteiger partial charge < -0.3 is 24.8 Å². The number of amides is 2. The molecule has 3 heterocycles. The number of aliphatic hydroxyl groups excluding tert-OH is 1. The summed E-state index contributed by atoms with van der Waals surface area (Å²) in [5.74, 6) is -0.525. The molecule has 1 saturated heterocycles. The van der Waals surface area contributed by atoms with Gasteiger partial charge in [0.25, 0.3) is 11.8 Å². The molecule has 2 amide bonds. The maximum absolute atomic E-state index is 13.8. The number of fused-ring (bicyclic) bond motifs is 1. The maximum Gasteiger partial charge on any atom is 0.272 e. The number of nitrogens with one attached hydrogen (secondary N) is 1. The Balaban J connectivity index is 1.39. The van der Waals surface area contributed by atoms with E-state index >= 15 is 0 Å². The lowest BCUT2D eigenvalue weighted by Crippen LogP contribution is -2.52. The second kappa shape index (κ2) is 9.32. The van der Waals surface area contributed by atoms with Gasteiger partial charge in [0.05, 0.1) is 21.8 Å². The zero-order chi connectivity index (χ0) is 26.6. The Labute approximate surface area is 222 Å². The Bertz CT molecular complexity index is 1330. The summed E-state index contributed by atoms with van der Waals surface area (Å²) in [5.41, 5.74) is 2.50. The van der Waals surface area contributed by atoms with Crippen LogP contribution in [-0.2, 0) is 22.9 Å². The number of carbonyl (C=O) groups is 2. The quantitative estimate of drug-likeness (QED) is 0.498. The lowest BCUT2D eigenvalue weighted by molar-refractivity contribution is 0.0698. The summed E-state index contributed by atoms with van der Waals surface area (Å²) in [5, 5.41) is 13.3. The number of hydrogen-bond donors (Lipinski definition) is 2. The molecule has 2 aromatic rings. The van der Waals surface area contributed by atoms with Crippen molar-refractivity contribution >= 4 is 38.9 Å². The summed E-state index contributed by atoms with van der Waals surface area (Å²) in [6, 6.07) is 9.02. The van der Waals surface area contributed by atoms with Gasteiger partial charge in [-0.3, -0.25) is 9.59 Å². The fourth-order valence-electron chi connectivity index (χ4n) is 5.15. The topological polar surface area (TPSA) is 112 Å². The molecule has 0 bridgehead atoms. The lowest BCUT2D eigenvalue weighted by atomic mass is 10.1. The van der Waals surface area contributed by atoms with Crippen molar-refractivity contribution in [3.8, 4) is 0 Å². The first-order valence-corrected chi connectivity index (χ1v) is 14.5. The van der Waals surface area contributed by atoms with Gasteiger partial charge in [0.1, 0.15) is 11.4 Å². The second-order valence-corrected chi connectivity index (χ2v) is 14.3. The van der Waals surface area contributed by atoms with Gasteiger partial charge >= 0.3 is 0 Å². The van der Waals surface area contributed by atoms with Gasteiger partial charge in [-0.05, 0) is 56.9 Å². The number of carbonyl (C=O) groups excluding carboxylic acids is 2. The fraction of sp³-hybridized carbons (Fsp3) is 0.538. The van der Waals surface area contributed by atoms with Crippen LogP contribution in [0.1, 0.15) is 59.7 Å². The highest BCUT2D eigenvalue weighted by Crippen LogP contribution is 2.49. The van der Waals surface area contributed by atoms with E-state index in [1.165, 1.54) is 13.8 Å². The Morgan fingerprint density at radius 1 is 1.14 bits per heavy atom. The first-order valence-electron chi connectivity index (χ1n) is 12.7. The summed E-state index contributed by atoms with van der Waals surface area (Å²) in [6.45, 7) is 5.34. The Morgan fingerprint density at radius 2 is 1.81 bits per heavy atom. The Kier molecular flexibility index (Phi) is 6.57. The van der Waals surface area contributed by atoms with Gasteiger partial charge in [-0.2, -0.15) is 0 Å². The van der Waals surface area contributed by atoms with Gasteiger partial charge in [0.2, 0.25) is 0 Å². The summed E-state index contributed by atoms with van der Waals surface area (Å²) >= 11 is 5.95. The van der Waals surface area contributed by atoms with E-state index in [0.29, 0.717) is 48.9 Å². The monoisotopic (exact) mass is 548 g/mol. The van der Waals surface area contributed by atoms with Crippen LogP contribution >= 0.6 is 11.6 Å². The van der Waals surface area contributed by atoms with Crippen LogP contribution in [0.5, 0.6) is 0 Å². The minimum absolute atomic E-state index is 0.0975. The molecule has 0 spiro atoms. The van der Waals surface area contributed by atoms with Crippen LogP contribution in [0.3, 0.4) is 0 Å². The Morgan fingerprint density at radius 3 is 2.38 bits per heavy atom. The van der Waals surface area contributed by atoms with Crippen LogP contribution in [0.15, 0.2) is 30.3 Å². The lowest BCUT2D eigenvalue weighted by Gasteiger charge is -2.37. The molecule has 2 aliphatic heterocycles. The van der Waals surface area contributed by atoms with Crippen LogP contribution < -0.4 is 10.2 Å². The zero-order valence-corrected chi connectivity index (χ0v) is 22.7. The van der Waals surface area contributed by atoms with E-state index in [1.54, 1.807) is 27.7 Å². The molecule has 11 heteroatoms. The molecule has 0 atom stereocenters. The number of anilines is 1. The molecule has 1 aliphatic carbocycles. The summed E-state index contributed by atoms with van der Waals surface area (Å²) < 4.78 is 26.2. The molecule has 1 aromatic heterocycles. The zero-order valence-electron chi connectivity index (χ0n) is 21.2. The van der Waals surface area contributed by atoms with E-state index in [-0.39, 0.29) is 18.4 Å². The summed E-state index contributed by atoms with van der Waals surface area (Å²) in [4.78, 5) is 30.7. The molecule has 5 rings (SSSR count). The smallest absolute Gasteiger partial charge is 0.272 e. The number of sulfone groups is 1. The number of aromatic nitrogens is 1. The first-order chi connectivity index (χ1) is 17.5. The highest BCUT2D eigenvalue weighted by molar-refractivity contribution is 7.94. The average molecular weight is 549 g/mol. The van der Waals surface area contributed by atoms with Crippen molar-refractivity contribution in [1.29, 1.82) is 0 Å². The largest absolute Gasteiger partial charge is 0.395 e. The van der Waals surface area contributed by atoms with Crippen LogP contribution in [0.2, 0.25) is 5.02 Å². The van der Waals surface area contributed by atoms with Gasteiger partial charge in [-0.1, -0.05) is 23.7 Å². The van der Waals surface area contributed by atoms with Crippen LogP contribution in [0, 0.1) is 0 Å². The third kappa shape index (κ3) is 4.42. The molecule has 0 unspecified atom stereocenters. The van der Waals surface area contributed by atoms with Gasteiger partial charge in [-0.15, -0.1) is 0 Å². The minimum Gasteiger partial charge on any atom is -0.395 e. The van der Waals surface area contributed by atoms with Gasteiger partial charge in [0.15, 0.2) is 9.84 Å². The number of nitrogens with zero attached hydrogens (tertiary/aromatic N) is 3. The SMILES string of the molecule is CC(C)(CO)S(=O)(=O)C1(CN2CCn3c(C(=O)NCc4ccc(Cl)cc4)cc(N4CCC4)c3C2=O)CC1. The predicted octanol–water partition coefficient (Wildman–Crippen LogP) is 2.46. The molecule has 2 N–H and O–H groups in total. The molecule has 1 aromatic carbocycles. The van der Waals surface area contributed by atoms with E-state index in [4.69, 9.17) is 11.6 Å². The molecule has 3 aliphatic rings. The number of aliphatic hydroxyl groups is 1. The molecule has 0 radical (unpaired) electrons. The van der Waals surface area contributed by atoms with Crippen molar-refractivity contribution in [3.05, 3.63) is 52.3 Å². The second-order valence-electron chi connectivity index (χ2n) is 10.9. The summed E-state index contributed by atoms with van der Waals surface area (Å²) in [6.07, 6.45) is 1.96. The number of hydrogen-bond acceptors (Lipinski definition) is 6. The fourth-order valence-corrected chi connectivity index (χ4v) is 7.58. The molecule has 37 heavy (non-hydrogen) atoms. The molecular weight excluding hydrogens is 516 g/mol. The van der Waals surface area contributed by atoms with Crippen molar-refractivity contribution in [2.75, 3.05) is 37.7 Å². The van der Waals surface area contributed by atoms with E-state index < -0.39 is 25.9 Å². The van der Waals surface area contributed by atoms with E-state index in [1.807, 2.05) is 12.1 Å². The third-order valence-electron chi connectivity index (χ3n) is 7.92. The molecule has 200 valence electrons. The number of benzene rings is 1. The van der Waals surface area contributed by atoms with Gasteiger partial charge in [0, 0.05) is 44.3 Å². The number of halogens is 1. The van der Waals surface area contributed by atoms with Crippen molar-refractivity contribution in [2.45, 2.75) is 55.7 Å². The van der Waals surface area contributed by atoms with Gasteiger partial charge in [-0.25, -0.2) is 8.42 Å². The van der Waals surface area contributed by atoms with Crippen LogP contribution in [0.4, 0.5) is 5.69 Å². The van der Waals surface area contributed by atoms with Crippen LogP contribution in [0.25, 0.3) is 0 Å². The van der Waals surface area contributed by atoms with Crippen molar-refractivity contribution in [3.63, 3.8) is 0 Å². The van der Waals surface area contributed by atoms with Crippen molar-refractivity contribution in [2.24, 2.45) is 0 Å². The average Bonchev–Trinajstić information content (AvgIpc) is 3.53. The third-order valence-corrected chi connectivity index (χ3v) is 11.4. The van der Waals surface area contributed by atoms with E-state index in [2.05, 4.69) is 10.2 Å². The number of rotatable bonds is 9. The highest BCUT2D eigenvalue weighted by atomic mass is 35.5. The molecule has 9 nitrogen and oxygen atoms in total. The van der Waals surface area contributed by atoms with Crippen molar-refractivity contribution in [1.82, 2.24) is 14.8 Å². The van der Waals surface area contributed by atoms with E-state index in [9.17, 15) is 23.1 Å². The molecular formula is C26H33ClN4O5S. The Hall–Kier alpha value is -2.56. The maximum atomic E-state index is 13.8. The van der Waals surface area contributed by atoms with Crippen molar-refractivity contribution < 1.29 is 23.1 Å². The van der Waals surface area contributed by atoms with Crippen LogP contribution in [-0.4, -0.2) is 77.1 Å². The highest BCUT2D eigenvalue weighted by Gasteiger charge is 2.60.